The van der Waals surface area contributed by atoms with Crippen LogP contribution in [0.15, 0.2) is 30.5 Å². The zero-order valence-corrected chi connectivity index (χ0v) is 22.0. The molecule has 0 unspecified atom stereocenters. The molecule has 3 aromatic rings. The van der Waals surface area contributed by atoms with Gasteiger partial charge in [-0.1, -0.05) is 6.42 Å². The topological polar surface area (TPSA) is 154 Å². The molecule has 0 radical (unpaired) electrons. The summed E-state index contributed by atoms with van der Waals surface area (Å²) in [6, 6.07) is 9.61. The van der Waals surface area contributed by atoms with Crippen molar-refractivity contribution >= 4 is 38.6 Å². The molecule has 0 aromatic carbocycles. The predicted molar refractivity (Wildman–Crippen MR) is 142 cm³/mol. The molecule has 3 saturated heterocycles. The van der Waals surface area contributed by atoms with Crippen LogP contribution in [-0.2, 0) is 16.8 Å². The molecule has 200 valence electrons. The summed E-state index contributed by atoms with van der Waals surface area (Å²) in [5.41, 5.74) is 1.38. The van der Waals surface area contributed by atoms with Gasteiger partial charge >= 0.3 is 0 Å². The Morgan fingerprint density at radius 1 is 1.24 bits per heavy atom. The average molecular weight is 538 g/mol. The van der Waals surface area contributed by atoms with Gasteiger partial charge in [-0.05, 0) is 37.8 Å². The summed E-state index contributed by atoms with van der Waals surface area (Å²) in [5, 5.41) is 29.5. The maximum Gasteiger partial charge on any atom is 0.282 e. The molecule has 3 aliphatic rings. The van der Waals surface area contributed by atoms with Crippen molar-refractivity contribution in [3.8, 4) is 6.07 Å². The second kappa shape index (κ2) is 9.77. The number of pyridine rings is 2. The first-order valence-electron chi connectivity index (χ1n) is 13.0. The number of hydrogen-bond donors (Lipinski definition) is 3. The molecule has 38 heavy (non-hydrogen) atoms. The molecule has 0 aliphatic carbocycles. The van der Waals surface area contributed by atoms with E-state index >= 15 is 0 Å². The van der Waals surface area contributed by atoms with Gasteiger partial charge in [-0.3, -0.25) is 10.1 Å². The fourth-order valence-electron chi connectivity index (χ4n) is 6.05. The first-order chi connectivity index (χ1) is 18.4. The molecule has 6 heterocycles. The van der Waals surface area contributed by atoms with E-state index in [4.69, 9.17) is 10.2 Å². The number of fused-ring (bicyclic) bond motifs is 3. The van der Waals surface area contributed by atoms with Gasteiger partial charge in [0.25, 0.3) is 10.2 Å². The third-order valence-electron chi connectivity index (χ3n) is 8.02. The second-order valence-electron chi connectivity index (χ2n) is 10.4. The van der Waals surface area contributed by atoms with E-state index in [1.807, 2.05) is 25.2 Å². The minimum atomic E-state index is -3.58. The molecule has 0 amide bonds. The van der Waals surface area contributed by atoms with Crippen molar-refractivity contribution in [2.75, 3.05) is 30.4 Å². The Morgan fingerprint density at radius 3 is 2.68 bits per heavy atom. The van der Waals surface area contributed by atoms with Gasteiger partial charge in [0.15, 0.2) is 5.82 Å². The average Bonchev–Trinajstić information content (AvgIpc) is 3.33. The molecule has 0 spiro atoms. The van der Waals surface area contributed by atoms with Crippen molar-refractivity contribution in [3.05, 3.63) is 36.2 Å². The van der Waals surface area contributed by atoms with E-state index in [2.05, 4.69) is 31.5 Å². The van der Waals surface area contributed by atoms with Gasteiger partial charge in [-0.15, -0.1) is 0 Å². The van der Waals surface area contributed by atoms with Gasteiger partial charge in [0, 0.05) is 62.0 Å². The zero-order valence-electron chi connectivity index (χ0n) is 21.2. The normalized spacial score (nSPS) is 24.6. The van der Waals surface area contributed by atoms with Crippen molar-refractivity contribution in [2.24, 2.45) is 5.92 Å². The monoisotopic (exact) mass is 537 g/mol. The summed E-state index contributed by atoms with van der Waals surface area (Å²) < 4.78 is 30.2. The van der Waals surface area contributed by atoms with E-state index in [-0.39, 0.29) is 43.7 Å². The van der Waals surface area contributed by atoms with Gasteiger partial charge in [-0.2, -0.15) is 27.4 Å². The molecular weight excluding hydrogens is 506 g/mol. The van der Waals surface area contributed by atoms with Crippen molar-refractivity contribution in [2.45, 2.75) is 56.8 Å². The van der Waals surface area contributed by atoms with Crippen LogP contribution in [-0.4, -0.2) is 80.6 Å². The van der Waals surface area contributed by atoms with Crippen LogP contribution in [0.4, 0.5) is 17.5 Å². The maximum atomic E-state index is 13.5. The first kappa shape index (κ1) is 25.0. The first-order valence-corrected chi connectivity index (χ1v) is 14.4. The molecule has 2 bridgehead atoms. The SMILES string of the molecule is CN(c1nc(Nc2cc(CO)[nH]n2)cc2ncccc12)[C@@H]1C[C@H]2CCC[C@@H](C1)N2S(=O)(=O)N1CC(C#N)C1. The van der Waals surface area contributed by atoms with Crippen molar-refractivity contribution in [1.82, 2.24) is 28.8 Å². The lowest BCUT2D eigenvalue weighted by molar-refractivity contribution is 0.0932. The van der Waals surface area contributed by atoms with Crippen LogP contribution in [0.1, 0.15) is 37.8 Å². The van der Waals surface area contributed by atoms with Crippen LogP contribution in [0.2, 0.25) is 0 Å². The van der Waals surface area contributed by atoms with E-state index < -0.39 is 10.2 Å². The molecule has 3 N–H and O–H groups in total. The Labute approximate surface area is 221 Å². The van der Waals surface area contributed by atoms with E-state index in [9.17, 15) is 13.5 Å². The lowest BCUT2D eigenvalue weighted by Crippen LogP contribution is -2.64. The number of aromatic amines is 1. The third-order valence-corrected chi connectivity index (χ3v) is 10.1. The highest BCUT2D eigenvalue weighted by molar-refractivity contribution is 7.86. The van der Waals surface area contributed by atoms with Crippen LogP contribution >= 0.6 is 0 Å². The number of aliphatic hydroxyl groups is 1. The van der Waals surface area contributed by atoms with Gasteiger partial charge in [0.1, 0.15) is 11.6 Å². The number of nitrogens with one attached hydrogen (secondary N) is 2. The Hall–Kier alpha value is -3.31. The highest BCUT2D eigenvalue weighted by atomic mass is 32.2. The molecular formula is C25H31N9O3S. The van der Waals surface area contributed by atoms with Crippen LogP contribution in [0.25, 0.3) is 10.9 Å². The fraction of sp³-hybridized carbons (Fsp3) is 0.520. The molecule has 3 fully saturated rings. The Morgan fingerprint density at radius 2 is 2.00 bits per heavy atom. The number of rotatable bonds is 7. The van der Waals surface area contributed by atoms with Crippen LogP contribution < -0.4 is 10.2 Å². The van der Waals surface area contributed by atoms with Crippen LogP contribution in [0.3, 0.4) is 0 Å². The number of aliphatic hydroxyl groups excluding tert-OH is 1. The number of hydrogen-bond acceptors (Lipinski definition) is 9. The summed E-state index contributed by atoms with van der Waals surface area (Å²) in [6.07, 6.45) is 5.85. The summed E-state index contributed by atoms with van der Waals surface area (Å²) in [7, 11) is -1.56. The lowest BCUT2D eigenvalue weighted by atomic mass is 9.83. The van der Waals surface area contributed by atoms with Crippen molar-refractivity contribution in [1.29, 1.82) is 5.26 Å². The van der Waals surface area contributed by atoms with Crippen LogP contribution in [0, 0.1) is 17.2 Å². The lowest BCUT2D eigenvalue weighted by Gasteiger charge is -2.52. The highest BCUT2D eigenvalue weighted by Crippen LogP contribution is 2.41. The summed E-state index contributed by atoms with van der Waals surface area (Å²) in [4.78, 5) is 11.6. The number of nitriles is 1. The van der Waals surface area contributed by atoms with Gasteiger partial charge in [0.05, 0.1) is 29.8 Å². The minimum absolute atomic E-state index is 0.0762. The number of piperidine rings is 2. The number of nitrogens with zero attached hydrogens (tertiary/aromatic N) is 7. The molecule has 3 atom stereocenters. The third kappa shape index (κ3) is 4.37. The van der Waals surface area contributed by atoms with E-state index in [0.29, 0.717) is 30.2 Å². The molecule has 3 aromatic heterocycles. The number of anilines is 3. The summed E-state index contributed by atoms with van der Waals surface area (Å²) in [5.74, 6) is 1.69. The minimum Gasteiger partial charge on any atom is -0.390 e. The molecule has 6 rings (SSSR count). The van der Waals surface area contributed by atoms with E-state index in [1.54, 1.807) is 16.6 Å². The quantitative estimate of drug-likeness (QED) is 0.411. The second-order valence-corrected chi connectivity index (χ2v) is 12.3. The fourth-order valence-corrected chi connectivity index (χ4v) is 8.19. The van der Waals surface area contributed by atoms with Gasteiger partial charge in [0.2, 0.25) is 0 Å². The Bertz CT molecular complexity index is 1470. The van der Waals surface area contributed by atoms with E-state index in [1.165, 1.54) is 4.31 Å². The Kier molecular flexibility index (Phi) is 6.43. The van der Waals surface area contributed by atoms with Gasteiger partial charge in [-0.25, -0.2) is 4.98 Å². The number of H-pyrrole nitrogens is 1. The maximum absolute atomic E-state index is 13.5. The smallest absolute Gasteiger partial charge is 0.282 e. The molecule has 0 saturated carbocycles. The molecule has 3 aliphatic heterocycles. The number of aromatic nitrogens is 4. The highest BCUT2D eigenvalue weighted by Gasteiger charge is 2.49. The molecule has 13 heteroatoms. The molecule has 12 nitrogen and oxygen atoms in total. The zero-order chi connectivity index (χ0) is 26.4. The summed E-state index contributed by atoms with van der Waals surface area (Å²) in [6.45, 7) is 0.440. The largest absolute Gasteiger partial charge is 0.390 e. The van der Waals surface area contributed by atoms with E-state index in [0.717, 1.165) is 36.0 Å². The Balaban J connectivity index is 1.27. The summed E-state index contributed by atoms with van der Waals surface area (Å²) >= 11 is 0. The standard InChI is InChI=1S/C25H31N9O3S/c1-32(20-9-18-4-2-5-19(10-20)34(18)38(36,37)33-13-16(12-26)14-33)25-21-6-3-7-27-22(21)11-23(29-25)28-24-8-17(15-35)30-31-24/h3,6-8,11,16,18-20,35H,2,4-5,9-10,13-15H2,1H3,(H2,28,29,30,31)/t18-,19+,20-. The predicted octanol–water partition coefficient (Wildman–Crippen LogP) is 2.11. The van der Waals surface area contributed by atoms with Crippen LogP contribution in [0.5, 0.6) is 0 Å². The van der Waals surface area contributed by atoms with Crippen molar-refractivity contribution in [3.63, 3.8) is 0 Å². The van der Waals surface area contributed by atoms with Gasteiger partial charge < -0.3 is 15.3 Å². The van der Waals surface area contributed by atoms with Crippen molar-refractivity contribution < 1.29 is 13.5 Å².